The molecule has 0 bridgehead atoms. The zero-order chi connectivity index (χ0) is 11.8. The Balaban J connectivity index is 2.71. The van der Waals surface area contributed by atoms with Gasteiger partial charge in [0.2, 0.25) is 0 Å². The summed E-state index contributed by atoms with van der Waals surface area (Å²) in [5.41, 5.74) is 1.04. The number of nitrogens with one attached hydrogen (secondary N) is 1. The fourth-order valence-corrected chi connectivity index (χ4v) is 1.23. The van der Waals surface area contributed by atoms with Crippen molar-refractivity contribution in [3.63, 3.8) is 0 Å². The lowest BCUT2D eigenvalue weighted by Crippen LogP contribution is -2.34. The maximum atomic E-state index is 5.11. The first-order valence-electron chi connectivity index (χ1n) is 4.97. The van der Waals surface area contributed by atoms with Gasteiger partial charge in [-0.2, -0.15) is 5.10 Å². The van der Waals surface area contributed by atoms with Gasteiger partial charge < -0.3 is 5.32 Å². The van der Waals surface area contributed by atoms with Crippen LogP contribution in [0.3, 0.4) is 0 Å². The summed E-state index contributed by atoms with van der Waals surface area (Å²) >= 11 is 5.11. The van der Waals surface area contributed by atoms with Crippen LogP contribution >= 0.6 is 12.2 Å². The van der Waals surface area contributed by atoms with E-state index in [1.54, 1.807) is 24.3 Å². The second-order valence-corrected chi connectivity index (χ2v) is 3.47. The number of rotatable bonds is 4. The van der Waals surface area contributed by atoms with Crippen LogP contribution in [0, 0.1) is 0 Å². The lowest BCUT2D eigenvalue weighted by Gasteiger charge is -2.16. The molecule has 16 heavy (non-hydrogen) atoms. The highest BCUT2D eigenvalue weighted by atomic mass is 32.1. The van der Waals surface area contributed by atoms with Gasteiger partial charge in [0.25, 0.3) is 0 Å². The van der Waals surface area contributed by atoms with Gasteiger partial charge in [0.1, 0.15) is 0 Å². The van der Waals surface area contributed by atoms with Gasteiger partial charge in [0.05, 0.1) is 12.8 Å². The maximum absolute atomic E-state index is 5.11. The second-order valence-electron chi connectivity index (χ2n) is 3.08. The van der Waals surface area contributed by atoms with Crippen molar-refractivity contribution in [2.45, 2.75) is 0 Å². The van der Waals surface area contributed by atoms with E-state index in [9.17, 15) is 0 Å². The quantitative estimate of drug-likeness (QED) is 0.373. The Hall–Kier alpha value is -1.68. The predicted octanol–water partition coefficient (Wildman–Crippen LogP) is 2.01. The van der Waals surface area contributed by atoms with Crippen LogP contribution in [0.5, 0.6) is 0 Å². The first-order valence-corrected chi connectivity index (χ1v) is 5.38. The van der Waals surface area contributed by atoms with E-state index in [1.807, 2.05) is 30.3 Å². The summed E-state index contributed by atoms with van der Waals surface area (Å²) in [6.07, 6.45) is 3.53. The summed E-state index contributed by atoms with van der Waals surface area (Å²) in [5, 5.41) is 9.42. The standard InChI is InChI=1S/C12H15N3S/c1-3-9-15(12(16)13-2)14-10-11-7-5-4-6-8-11/h3-8,10H,1,9H2,2H3,(H,13,16). The number of nitrogens with zero attached hydrogens (tertiary/aromatic N) is 2. The fraction of sp³-hybridized carbons (Fsp3) is 0.167. The first kappa shape index (κ1) is 12.4. The molecule has 0 atom stereocenters. The Kier molecular flexibility index (Phi) is 5.22. The van der Waals surface area contributed by atoms with Crippen LogP contribution in [0.25, 0.3) is 0 Å². The minimum atomic E-state index is 0.576. The van der Waals surface area contributed by atoms with Crippen molar-refractivity contribution in [1.29, 1.82) is 0 Å². The van der Waals surface area contributed by atoms with Gasteiger partial charge in [-0.25, -0.2) is 5.01 Å². The summed E-state index contributed by atoms with van der Waals surface area (Å²) in [6, 6.07) is 9.87. The van der Waals surface area contributed by atoms with Gasteiger partial charge in [-0.1, -0.05) is 36.4 Å². The Morgan fingerprint density at radius 1 is 1.50 bits per heavy atom. The van der Waals surface area contributed by atoms with Crippen LogP contribution in [-0.2, 0) is 0 Å². The molecule has 0 saturated carbocycles. The van der Waals surface area contributed by atoms with E-state index < -0.39 is 0 Å². The van der Waals surface area contributed by atoms with Crippen LogP contribution in [0.2, 0.25) is 0 Å². The molecular formula is C12H15N3S. The monoisotopic (exact) mass is 233 g/mol. The van der Waals surface area contributed by atoms with Gasteiger partial charge >= 0.3 is 0 Å². The Bertz CT molecular complexity index is 373. The minimum absolute atomic E-state index is 0.576. The molecule has 0 radical (unpaired) electrons. The topological polar surface area (TPSA) is 27.6 Å². The molecule has 0 aliphatic heterocycles. The van der Waals surface area contributed by atoms with Crippen molar-refractivity contribution in [2.24, 2.45) is 5.10 Å². The van der Waals surface area contributed by atoms with E-state index in [-0.39, 0.29) is 0 Å². The third-order valence-corrected chi connectivity index (χ3v) is 2.31. The number of benzene rings is 1. The molecular weight excluding hydrogens is 218 g/mol. The van der Waals surface area contributed by atoms with E-state index >= 15 is 0 Å². The number of hydrazone groups is 1. The lowest BCUT2D eigenvalue weighted by molar-refractivity contribution is 0.491. The third kappa shape index (κ3) is 3.82. The van der Waals surface area contributed by atoms with Gasteiger partial charge in [-0.15, -0.1) is 6.58 Å². The average molecular weight is 233 g/mol. The molecule has 0 fully saturated rings. The smallest absolute Gasteiger partial charge is 0.189 e. The van der Waals surface area contributed by atoms with Crippen LogP contribution in [0.4, 0.5) is 0 Å². The minimum Gasteiger partial charge on any atom is -0.364 e. The second kappa shape index (κ2) is 6.74. The SMILES string of the molecule is C=CCN(N=Cc1ccccc1)C(=S)NC. The largest absolute Gasteiger partial charge is 0.364 e. The first-order chi connectivity index (χ1) is 7.77. The van der Waals surface area contributed by atoms with E-state index in [0.29, 0.717) is 11.7 Å². The summed E-state index contributed by atoms with van der Waals surface area (Å²) in [4.78, 5) is 0. The number of hydrogen-bond donors (Lipinski definition) is 1. The van der Waals surface area contributed by atoms with Gasteiger partial charge in [-0.3, -0.25) is 0 Å². The fourth-order valence-electron chi connectivity index (χ4n) is 1.11. The van der Waals surface area contributed by atoms with E-state index in [1.165, 1.54) is 0 Å². The van der Waals surface area contributed by atoms with Crippen LogP contribution < -0.4 is 5.32 Å². The zero-order valence-corrected chi connectivity index (χ0v) is 10.1. The molecule has 1 aromatic rings. The van der Waals surface area contributed by atoms with Gasteiger partial charge in [0.15, 0.2) is 5.11 Å². The van der Waals surface area contributed by atoms with E-state index in [4.69, 9.17) is 12.2 Å². The van der Waals surface area contributed by atoms with Crippen molar-refractivity contribution >= 4 is 23.5 Å². The van der Waals surface area contributed by atoms with Crippen LogP contribution in [0.1, 0.15) is 5.56 Å². The summed E-state index contributed by atoms with van der Waals surface area (Å²) < 4.78 is 0. The molecule has 0 aliphatic carbocycles. The molecule has 0 saturated heterocycles. The number of thiocarbonyl (C=S) groups is 1. The predicted molar refractivity (Wildman–Crippen MR) is 72.6 cm³/mol. The average Bonchev–Trinajstić information content (AvgIpc) is 2.34. The molecule has 0 aliphatic rings. The molecule has 0 unspecified atom stereocenters. The van der Waals surface area contributed by atoms with Gasteiger partial charge in [0, 0.05) is 7.05 Å². The highest BCUT2D eigenvalue weighted by Crippen LogP contribution is 1.97. The molecule has 1 N–H and O–H groups in total. The van der Waals surface area contributed by atoms with Gasteiger partial charge in [-0.05, 0) is 17.8 Å². The number of hydrogen-bond acceptors (Lipinski definition) is 2. The molecule has 0 spiro atoms. The van der Waals surface area contributed by atoms with Crippen molar-refractivity contribution in [3.05, 3.63) is 48.6 Å². The molecule has 0 amide bonds. The molecule has 0 aromatic heterocycles. The maximum Gasteiger partial charge on any atom is 0.189 e. The summed E-state index contributed by atoms with van der Waals surface area (Å²) in [7, 11) is 1.77. The van der Waals surface area contributed by atoms with Crippen molar-refractivity contribution in [1.82, 2.24) is 10.3 Å². The zero-order valence-electron chi connectivity index (χ0n) is 9.26. The molecule has 0 heterocycles. The highest BCUT2D eigenvalue weighted by Gasteiger charge is 2.02. The Morgan fingerprint density at radius 2 is 2.19 bits per heavy atom. The van der Waals surface area contributed by atoms with Crippen LogP contribution in [-0.4, -0.2) is 29.9 Å². The molecule has 1 aromatic carbocycles. The van der Waals surface area contributed by atoms with E-state index in [2.05, 4.69) is 17.0 Å². The van der Waals surface area contributed by atoms with Crippen molar-refractivity contribution in [3.8, 4) is 0 Å². The molecule has 1 rings (SSSR count). The Labute approximate surface area is 101 Å². The normalized spacial score (nSPS) is 10.1. The molecule has 3 nitrogen and oxygen atoms in total. The van der Waals surface area contributed by atoms with E-state index in [0.717, 1.165) is 5.56 Å². The summed E-state index contributed by atoms with van der Waals surface area (Å²) in [5.74, 6) is 0. The van der Waals surface area contributed by atoms with Crippen molar-refractivity contribution in [2.75, 3.05) is 13.6 Å². The molecule has 4 heteroatoms. The summed E-state index contributed by atoms with van der Waals surface area (Å²) in [6.45, 7) is 4.26. The third-order valence-electron chi connectivity index (χ3n) is 1.90. The highest BCUT2D eigenvalue weighted by molar-refractivity contribution is 7.80. The van der Waals surface area contributed by atoms with Crippen molar-refractivity contribution < 1.29 is 0 Å². The molecule has 84 valence electrons. The Morgan fingerprint density at radius 3 is 2.75 bits per heavy atom. The van der Waals surface area contributed by atoms with Crippen LogP contribution in [0.15, 0.2) is 48.1 Å². The lowest BCUT2D eigenvalue weighted by atomic mass is 10.2.